The third kappa shape index (κ3) is 4.55. The lowest BCUT2D eigenvalue weighted by molar-refractivity contribution is 0.175. The van der Waals surface area contributed by atoms with Crippen LogP contribution < -0.4 is 5.32 Å². The Labute approximate surface area is 104 Å². The molecule has 2 atom stereocenters. The van der Waals surface area contributed by atoms with Crippen LogP contribution in [0.3, 0.4) is 0 Å². The van der Waals surface area contributed by atoms with Gasteiger partial charge in [0.15, 0.2) is 11.1 Å². The molecule has 1 aromatic rings. The first-order valence-electron chi connectivity index (χ1n) is 5.57. The zero-order valence-electron chi connectivity index (χ0n) is 9.93. The Morgan fingerprint density at radius 2 is 2.00 bits per heavy atom. The molecule has 0 aromatic heterocycles. The second-order valence-electron chi connectivity index (χ2n) is 4.16. The number of hydrogen-bond donors (Lipinski definition) is 3. The van der Waals surface area contributed by atoms with Gasteiger partial charge in [0.05, 0.1) is 17.9 Å². The second kappa shape index (κ2) is 6.86. The van der Waals surface area contributed by atoms with Crippen LogP contribution in [0.4, 0.5) is 0 Å². The van der Waals surface area contributed by atoms with Crippen molar-refractivity contribution < 1.29 is 13.9 Å². The van der Waals surface area contributed by atoms with Crippen molar-refractivity contribution in [2.45, 2.75) is 18.9 Å². The number of benzene rings is 1. The SMILES string of the molecule is CC(CO)(NCCCS(=O)O)c1ccccc1. The normalized spacial score (nSPS) is 16.4. The molecule has 0 aliphatic rings. The van der Waals surface area contributed by atoms with E-state index in [0.29, 0.717) is 13.0 Å². The summed E-state index contributed by atoms with van der Waals surface area (Å²) in [5.74, 6) is 0.253. The summed E-state index contributed by atoms with van der Waals surface area (Å²) in [6.45, 7) is 2.50. The van der Waals surface area contributed by atoms with Gasteiger partial charge in [-0.3, -0.25) is 0 Å². The fourth-order valence-electron chi connectivity index (χ4n) is 1.62. The first-order valence-corrected chi connectivity index (χ1v) is 6.85. The third-order valence-electron chi connectivity index (χ3n) is 2.74. The van der Waals surface area contributed by atoms with Gasteiger partial charge in [-0.25, -0.2) is 4.21 Å². The first kappa shape index (κ1) is 14.3. The molecule has 0 bridgehead atoms. The summed E-state index contributed by atoms with van der Waals surface area (Å²) >= 11 is -1.74. The highest BCUT2D eigenvalue weighted by Crippen LogP contribution is 2.19. The quantitative estimate of drug-likeness (QED) is 0.505. The molecule has 0 saturated carbocycles. The monoisotopic (exact) mass is 257 g/mol. The lowest BCUT2D eigenvalue weighted by Crippen LogP contribution is -2.43. The van der Waals surface area contributed by atoms with Crippen LogP contribution in [0, 0.1) is 0 Å². The Bertz CT molecular complexity index is 358. The van der Waals surface area contributed by atoms with Crippen LogP contribution in [0.15, 0.2) is 30.3 Å². The largest absolute Gasteiger partial charge is 0.394 e. The van der Waals surface area contributed by atoms with Gasteiger partial charge in [-0.05, 0) is 25.5 Å². The molecule has 1 rings (SSSR count). The lowest BCUT2D eigenvalue weighted by atomic mass is 9.93. The molecule has 17 heavy (non-hydrogen) atoms. The van der Waals surface area contributed by atoms with E-state index in [2.05, 4.69) is 5.32 Å². The van der Waals surface area contributed by atoms with Gasteiger partial charge in [-0.1, -0.05) is 30.3 Å². The molecule has 0 radical (unpaired) electrons. The highest BCUT2D eigenvalue weighted by atomic mass is 32.2. The van der Waals surface area contributed by atoms with Crippen molar-refractivity contribution in [3.63, 3.8) is 0 Å². The van der Waals surface area contributed by atoms with Crippen molar-refractivity contribution in [1.29, 1.82) is 0 Å². The topological polar surface area (TPSA) is 69.6 Å². The molecular formula is C12H19NO3S. The molecule has 0 fully saturated rings. The Morgan fingerprint density at radius 1 is 1.35 bits per heavy atom. The average molecular weight is 257 g/mol. The summed E-state index contributed by atoms with van der Waals surface area (Å²) < 4.78 is 19.1. The predicted molar refractivity (Wildman–Crippen MR) is 69.1 cm³/mol. The van der Waals surface area contributed by atoms with Crippen molar-refractivity contribution in [3.8, 4) is 0 Å². The van der Waals surface area contributed by atoms with Crippen molar-refractivity contribution in [1.82, 2.24) is 5.32 Å². The first-order chi connectivity index (χ1) is 8.08. The lowest BCUT2D eigenvalue weighted by Gasteiger charge is -2.29. The van der Waals surface area contributed by atoms with Crippen molar-refractivity contribution in [3.05, 3.63) is 35.9 Å². The van der Waals surface area contributed by atoms with Crippen LogP contribution >= 0.6 is 0 Å². The maximum absolute atomic E-state index is 10.5. The highest BCUT2D eigenvalue weighted by Gasteiger charge is 2.24. The van der Waals surface area contributed by atoms with E-state index in [1.54, 1.807) is 0 Å². The summed E-state index contributed by atoms with van der Waals surface area (Å²) in [7, 11) is 0. The standard InChI is InChI=1S/C12H19NO3S/c1-12(10-14,11-6-3-2-4-7-11)13-8-5-9-17(15)16/h2-4,6-7,13-14H,5,8-10H2,1H3,(H,15,16). The van der Waals surface area contributed by atoms with Gasteiger partial charge < -0.3 is 15.0 Å². The molecule has 0 saturated heterocycles. The smallest absolute Gasteiger partial charge is 0.152 e. The summed E-state index contributed by atoms with van der Waals surface area (Å²) in [5.41, 5.74) is 0.505. The van der Waals surface area contributed by atoms with E-state index in [9.17, 15) is 9.32 Å². The van der Waals surface area contributed by atoms with Crippen molar-refractivity contribution >= 4 is 11.1 Å². The summed E-state index contributed by atoms with van der Waals surface area (Å²) in [5, 5.41) is 12.7. The van der Waals surface area contributed by atoms with E-state index in [4.69, 9.17) is 4.55 Å². The molecule has 0 aliphatic carbocycles. The van der Waals surface area contributed by atoms with E-state index in [1.807, 2.05) is 37.3 Å². The second-order valence-corrected chi connectivity index (χ2v) is 5.21. The Kier molecular flexibility index (Phi) is 5.77. The van der Waals surface area contributed by atoms with E-state index < -0.39 is 16.6 Å². The minimum absolute atomic E-state index is 0.0147. The number of rotatable bonds is 7. The van der Waals surface area contributed by atoms with Gasteiger partial charge in [0, 0.05) is 0 Å². The summed E-state index contributed by atoms with van der Waals surface area (Å²) in [6, 6.07) is 9.68. The Balaban J connectivity index is 2.54. The zero-order chi connectivity index (χ0) is 12.7. The van der Waals surface area contributed by atoms with Gasteiger partial charge >= 0.3 is 0 Å². The molecule has 1 aromatic carbocycles. The molecule has 96 valence electrons. The highest BCUT2D eigenvalue weighted by molar-refractivity contribution is 7.79. The number of aliphatic hydroxyl groups excluding tert-OH is 1. The molecule has 5 heteroatoms. The van der Waals surface area contributed by atoms with Gasteiger partial charge in [0.2, 0.25) is 0 Å². The predicted octanol–water partition coefficient (Wildman–Crippen LogP) is 1.10. The number of hydrogen-bond acceptors (Lipinski definition) is 3. The number of aliphatic hydroxyl groups is 1. The third-order valence-corrected chi connectivity index (χ3v) is 3.38. The van der Waals surface area contributed by atoms with Crippen LogP contribution in [0.1, 0.15) is 18.9 Å². The maximum atomic E-state index is 10.5. The van der Waals surface area contributed by atoms with E-state index in [-0.39, 0.29) is 12.4 Å². The molecular weight excluding hydrogens is 238 g/mol. The van der Waals surface area contributed by atoms with Crippen molar-refractivity contribution in [2.24, 2.45) is 0 Å². The van der Waals surface area contributed by atoms with Gasteiger partial charge in [-0.2, -0.15) is 0 Å². The molecule has 0 heterocycles. The van der Waals surface area contributed by atoms with E-state index >= 15 is 0 Å². The van der Waals surface area contributed by atoms with Crippen LogP contribution in [-0.2, 0) is 16.6 Å². The molecule has 0 amide bonds. The summed E-state index contributed by atoms with van der Waals surface area (Å²) in [4.78, 5) is 0. The minimum atomic E-state index is -1.74. The van der Waals surface area contributed by atoms with Gasteiger partial charge in [0.1, 0.15) is 0 Å². The van der Waals surface area contributed by atoms with E-state index in [0.717, 1.165) is 5.56 Å². The Hall–Kier alpha value is -0.750. The van der Waals surface area contributed by atoms with E-state index in [1.165, 1.54) is 0 Å². The average Bonchev–Trinajstić information content (AvgIpc) is 2.35. The van der Waals surface area contributed by atoms with Crippen LogP contribution in [0.25, 0.3) is 0 Å². The van der Waals surface area contributed by atoms with Gasteiger partial charge in [-0.15, -0.1) is 0 Å². The van der Waals surface area contributed by atoms with Crippen LogP contribution in [0.2, 0.25) is 0 Å². The molecule has 0 aliphatic heterocycles. The fraction of sp³-hybridized carbons (Fsp3) is 0.500. The zero-order valence-corrected chi connectivity index (χ0v) is 10.7. The molecule has 0 spiro atoms. The van der Waals surface area contributed by atoms with Gasteiger partial charge in [0.25, 0.3) is 0 Å². The Morgan fingerprint density at radius 3 is 2.53 bits per heavy atom. The summed E-state index contributed by atoms with van der Waals surface area (Å²) in [6.07, 6.45) is 0.603. The molecule has 2 unspecified atom stereocenters. The van der Waals surface area contributed by atoms with Crippen molar-refractivity contribution in [2.75, 3.05) is 18.9 Å². The fourth-order valence-corrected chi connectivity index (χ4v) is 2.01. The van der Waals surface area contributed by atoms with Crippen LogP contribution in [-0.4, -0.2) is 32.8 Å². The molecule has 3 N–H and O–H groups in total. The van der Waals surface area contributed by atoms with Crippen LogP contribution in [0.5, 0.6) is 0 Å². The minimum Gasteiger partial charge on any atom is -0.394 e. The number of nitrogens with one attached hydrogen (secondary N) is 1. The molecule has 4 nitrogen and oxygen atoms in total. The maximum Gasteiger partial charge on any atom is 0.152 e.